The van der Waals surface area contributed by atoms with Crippen LogP contribution in [0.3, 0.4) is 0 Å². The average Bonchev–Trinajstić information content (AvgIpc) is 2.28. The Balaban J connectivity index is 2.44. The Labute approximate surface area is 110 Å². The van der Waals surface area contributed by atoms with Gasteiger partial charge in [0.15, 0.2) is 0 Å². The first-order valence-electron chi connectivity index (χ1n) is 6.20. The predicted octanol–water partition coefficient (Wildman–Crippen LogP) is 2.84. The Morgan fingerprint density at radius 2 is 1.88 bits per heavy atom. The van der Waals surface area contributed by atoms with Gasteiger partial charge in [0.2, 0.25) is 0 Å². The molecule has 0 saturated heterocycles. The fourth-order valence-corrected chi connectivity index (χ4v) is 2.48. The largest absolute Gasteiger partial charge is 0.318 e. The molecule has 1 rings (SSSR count). The van der Waals surface area contributed by atoms with Crippen LogP contribution in [0.15, 0.2) is 29.2 Å². The highest BCUT2D eigenvalue weighted by atomic mass is 32.2. The van der Waals surface area contributed by atoms with Gasteiger partial charge in [-0.15, -0.1) is 11.8 Å². The van der Waals surface area contributed by atoms with E-state index in [1.54, 1.807) is 0 Å². The second-order valence-electron chi connectivity index (χ2n) is 4.65. The van der Waals surface area contributed by atoms with E-state index in [9.17, 15) is 0 Å². The first-order valence-corrected chi connectivity index (χ1v) is 7.08. The quantitative estimate of drug-likeness (QED) is 0.751. The highest BCUT2D eigenvalue weighted by Gasteiger charge is 2.01. The van der Waals surface area contributed by atoms with Gasteiger partial charge in [0, 0.05) is 29.8 Å². The predicted molar refractivity (Wildman–Crippen MR) is 77.7 cm³/mol. The minimum absolute atomic E-state index is 0.652. The molecule has 0 aliphatic rings. The molecule has 0 radical (unpaired) electrons. The van der Waals surface area contributed by atoms with E-state index in [0.717, 1.165) is 19.6 Å². The summed E-state index contributed by atoms with van der Waals surface area (Å²) in [4.78, 5) is 3.70. The van der Waals surface area contributed by atoms with Gasteiger partial charge in [-0.25, -0.2) is 0 Å². The van der Waals surface area contributed by atoms with Gasteiger partial charge in [0.1, 0.15) is 0 Å². The molecule has 0 amide bonds. The SMILES string of the molecule is CNCCN(C)Cc1ccc(SC(C)C)cc1. The molecule has 1 aromatic rings. The summed E-state index contributed by atoms with van der Waals surface area (Å²) in [5, 5.41) is 3.82. The van der Waals surface area contributed by atoms with E-state index in [1.165, 1.54) is 10.5 Å². The first kappa shape index (κ1) is 14.6. The summed E-state index contributed by atoms with van der Waals surface area (Å²) in [7, 11) is 4.15. The highest BCUT2D eigenvalue weighted by Crippen LogP contribution is 2.23. The Kier molecular flexibility index (Phi) is 6.63. The molecule has 2 nitrogen and oxygen atoms in total. The summed E-state index contributed by atoms with van der Waals surface area (Å²) in [6, 6.07) is 8.93. The normalized spacial score (nSPS) is 11.4. The maximum Gasteiger partial charge on any atom is 0.0231 e. The number of hydrogen-bond donors (Lipinski definition) is 1. The third kappa shape index (κ3) is 6.10. The average molecular weight is 252 g/mol. The van der Waals surface area contributed by atoms with Crippen molar-refractivity contribution in [3.8, 4) is 0 Å². The lowest BCUT2D eigenvalue weighted by Gasteiger charge is -2.16. The van der Waals surface area contributed by atoms with Crippen molar-refractivity contribution in [2.75, 3.05) is 27.2 Å². The Morgan fingerprint density at radius 3 is 2.41 bits per heavy atom. The van der Waals surface area contributed by atoms with Crippen molar-refractivity contribution in [1.82, 2.24) is 10.2 Å². The number of benzene rings is 1. The van der Waals surface area contributed by atoms with Gasteiger partial charge < -0.3 is 10.2 Å². The lowest BCUT2D eigenvalue weighted by molar-refractivity contribution is 0.328. The van der Waals surface area contributed by atoms with Crippen LogP contribution in [0.5, 0.6) is 0 Å². The van der Waals surface area contributed by atoms with Crippen LogP contribution in [-0.2, 0) is 6.54 Å². The van der Waals surface area contributed by atoms with Gasteiger partial charge in [-0.05, 0) is 31.8 Å². The minimum atomic E-state index is 0.652. The molecule has 96 valence electrons. The molecule has 0 aliphatic carbocycles. The second-order valence-corrected chi connectivity index (χ2v) is 6.30. The summed E-state index contributed by atoms with van der Waals surface area (Å²) < 4.78 is 0. The van der Waals surface area contributed by atoms with Crippen LogP contribution < -0.4 is 5.32 Å². The van der Waals surface area contributed by atoms with Gasteiger partial charge in [-0.2, -0.15) is 0 Å². The monoisotopic (exact) mass is 252 g/mol. The van der Waals surface area contributed by atoms with Crippen LogP contribution >= 0.6 is 11.8 Å². The summed E-state index contributed by atoms with van der Waals surface area (Å²) in [6.07, 6.45) is 0. The molecule has 0 heterocycles. The highest BCUT2D eigenvalue weighted by molar-refractivity contribution is 7.99. The zero-order valence-electron chi connectivity index (χ0n) is 11.4. The van der Waals surface area contributed by atoms with Gasteiger partial charge >= 0.3 is 0 Å². The van der Waals surface area contributed by atoms with Crippen LogP contribution in [-0.4, -0.2) is 37.3 Å². The van der Waals surface area contributed by atoms with Crippen LogP contribution in [0.4, 0.5) is 0 Å². The topological polar surface area (TPSA) is 15.3 Å². The van der Waals surface area contributed by atoms with E-state index in [0.29, 0.717) is 5.25 Å². The van der Waals surface area contributed by atoms with Crippen molar-refractivity contribution in [2.45, 2.75) is 30.5 Å². The van der Waals surface area contributed by atoms with Crippen molar-refractivity contribution < 1.29 is 0 Å². The molecule has 0 atom stereocenters. The van der Waals surface area contributed by atoms with Crippen LogP contribution in [0, 0.1) is 0 Å². The van der Waals surface area contributed by atoms with Crippen LogP contribution in [0.2, 0.25) is 0 Å². The van der Waals surface area contributed by atoms with Crippen molar-refractivity contribution in [3.05, 3.63) is 29.8 Å². The fourth-order valence-electron chi connectivity index (χ4n) is 1.64. The smallest absolute Gasteiger partial charge is 0.0231 e. The molecular weight excluding hydrogens is 228 g/mol. The van der Waals surface area contributed by atoms with E-state index in [2.05, 4.69) is 55.4 Å². The van der Waals surface area contributed by atoms with E-state index >= 15 is 0 Å². The zero-order valence-corrected chi connectivity index (χ0v) is 12.2. The number of likely N-dealkylation sites (N-methyl/N-ethyl adjacent to an activating group) is 2. The molecule has 0 spiro atoms. The third-order valence-corrected chi connectivity index (χ3v) is 3.51. The van der Waals surface area contributed by atoms with E-state index in [1.807, 2.05) is 18.8 Å². The lowest BCUT2D eigenvalue weighted by atomic mass is 10.2. The van der Waals surface area contributed by atoms with E-state index < -0.39 is 0 Å². The number of hydrogen-bond acceptors (Lipinski definition) is 3. The summed E-state index contributed by atoms with van der Waals surface area (Å²) in [6.45, 7) is 7.60. The van der Waals surface area contributed by atoms with Gasteiger partial charge in [-0.1, -0.05) is 26.0 Å². The summed E-state index contributed by atoms with van der Waals surface area (Å²) in [5.74, 6) is 0. The zero-order chi connectivity index (χ0) is 12.7. The van der Waals surface area contributed by atoms with Crippen molar-refractivity contribution in [3.63, 3.8) is 0 Å². The fraction of sp³-hybridized carbons (Fsp3) is 0.571. The van der Waals surface area contributed by atoms with Crippen molar-refractivity contribution >= 4 is 11.8 Å². The minimum Gasteiger partial charge on any atom is -0.318 e. The number of thioether (sulfide) groups is 1. The van der Waals surface area contributed by atoms with Crippen molar-refractivity contribution in [1.29, 1.82) is 0 Å². The standard InChI is InChI=1S/C14H24N2S/c1-12(2)17-14-7-5-13(6-8-14)11-16(4)10-9-15-3/h5-8,12,15H,9-11H2,1-4H3. The molecular formula is C14H24N2S. The third-order valence-electron chi connectivity index (χ3n) is 2.49. The molecule has 17 heavy (non-hydrogen) atoms. The molecule has 0 unspecified atom stereocenters. The molecule has 0 aliphatic heterocycles. The van der Waals surface area contributed by atoms with Crippen molar-refractivity contribution in [2.24, 2.45) is 0 Å². The summed E-state index contributed by atoms with van der Waals surface area (Å²) in [5.41, 5.74) is 1.39. The molecule has 0 fully saturated rings. The number of nitrogens with one attached hydrogen (secondary N) is 1. The molecule has 0 aromatic heterocycles. The summed E-state index contributed by atoms with van der Waals surface area (Å²) >= 11 is 1.92. The number of nitrogens with zero attached hydrogens (tertiary/aromatic N) is 1. The van der Waals surface area contributed by atoms with Gasteiger partial charge in [0.05, 0.1) is 0 Å². The Morgan fingerprint density at radius 1 is 1.24 bits per heavy atom. The molecule has 0 saturated carbocycles. The van der Waals surface area contributed by atoms with E-state index in [-0.39, 0.29) is 0 Å². The molecule has 3 heteroatoms. The second kappa shape index (κ2) is 7.75. The van der Waals surface area contributed by atoms with Crippen LogP contribution in [0.1, 0.15) is 19.4 Å². The molecule has 1 N–H and O–H groups in total. The molecule has 1 aromatic carbocycles. The maximum atomic E-state index is 3.17. The van der Waals surface area contributed by atoms with E-state index in [4.69, 9.17) is 0 Å². The Bertz CT molecular complexity index is 309. The first-order chi connectivity index (χ1) is 8.11. The van der Waals surface area contributed by atoms with Gasteiger partial charge in [-0.3, -0.25) is 0 Å². The molecule has 0 bridgehead atoms. The Hall–Kier alpha value is -0.510. The number of rotatable bonds is 7. The maximum absolute atomic E-state index is 3.17. The van der Waals surface area contributed by atoms with Gasteiger partial charge in [0.25, 0.3) is 0 Å². The lowest BCUT2D eigenvalue weighted by Crippen LogP contribution is -2.26. The van der Waals surface area contributed by atoms with Crippen LogP contribution in [0.25, 0.3) is 0 Å².